The van der Waals surface area contributed by atoms with Crippen molar-refractivity contribution in [2.75, 3.05) is 13.2 Å². The Hall–Kier alpha value is -6.21. The van der Waals surface area contributed by atoms with Crippen LogP contribution in [0.15, 0.2) is 187 Å². The molecule has 1 aliphatic heterocycles. The van der Waals surface area contributed by atoms with Gasteiger partial charge in [0.15, 0.2) is 0 Å². The predicted molar refractivity (Wildman–Crippen MR) is 459 cm³/mol. The third-order valence-corrected chi connectivity index (χ3v) is 34.0. The summed E-state index contributed by atoms with van der Waals surface area (Å²) in [7, 11) is -11.5. The topological polar surface area (TPSA) is 98.7 Å². The van der Waals surface area contributed by atoms with Gasteiger partial charge in [-0.05, 0) is 121 Å². The van der Waals surface area contributed by atoms with E-state index in [1.807, 2.05) is 0 Å². The first kappa shape index (κ1) is 81.8. The highest BCUT2D eigenvalue weighted by atomic mass is 31.1. The molecule has 3 heterocycles. The molecule has 0 amide bonds. The van der Waals surface area contributed by atoms with Crippen LogP contribution in [-0.2, 0) is 56.9 Å². The summed E-state index contributed by atoms with van der Waals surface area (Å²) in [6.07, 6.45) is -3.68. The van der Waals surface area contributed by atoms with Gasteiger partial charge in [0.2, 0.25) is 0 Å². The van der Waals surface area contributed by atoms with Crippen LogP contribution in [0, 0.1) is 0 Å². The van der Waals surface area contributed by atoms with Crippen LogP contribution in [0.1, 0.15) is 252 Å². The lowest BCUT2D eigenvalue weighted by atomic mass is 9.77. The Kier molecular flexibility index (Phi) is 22.3. The van der Waals surface area contributed by atoms with Gasteiger partial charge in [0.1, 0.15) is 46.7 Å². The van der Waals surface area contributed by atoms with E-state index in [1.54, 1.807) is 0 Å². The van der Waals surface area contributed by atoms with Crippen molar-refractivity contribution >= 4 is 97.7 Å². The van der Waals surface area contributed by atoms with Crippen molar-refractivity contribution in [2.45, 2.75) is 286 Å². The quantitative estimate of drug-likeness (QED) is 0.0986. The summed E-state index contributed by atoms with van der Waals surface area (Å²) in [4.78, 5) is 0. The summed E-state index contributed by atoms with van der Waals surface area (Å²) in [5.74, 6) is 0. The Labute approximate surface area is 646 Å². The molecule has 4 atom stereocenters. The van der Waals surface area contributed by atoms with Gasteiger partial charge in [-0.1, -0.05) is 353 Å². The zero-order valence-electron chi connectivity index (χ0n) is 70.5. The zero-order valence-corrected chi connectivity index (χ0v) is 74.2. The average Bonchev–Trinajstić information content (AvgIpc) is 1.74. The van der Waals surface area contributed by atoms with Gasteiger partial charge in [-0.3, -0.25) is 9.05 Å². The highest BCUT2D eigenvalue weighted by Crippen LogP contribution is 2.51. The molecule has 11 rings (SSSR count). The molecule has 13 heteroatoms. The molecule has 1 saturated heterocycles. The van der Waals surface area contributed by atoms with Gasteiger partial charge in [0.25, 0.3) is 16.6 Å². The average molecular weight is 1520 g/mol. The molecule has 1 aliphatic rings. The summed E-state index contributed by atoms with van der Waals surface area (Å²) in [5.41, 5.74) is 9.47. The lowest BCUT2D eigenvalue weighted by Gasteiger charge is -2.44. The number of benzene rings is 8. The van der Waals surface area contributed by atoms with E-state index in [1.165, 1.54) is 22.3 Å². The molecule has 0 N–H and O–H groups in total. The minimum atomic E-state index is -3.32. The summed E-state index contributed by atoms with van der Waals surface area (Å²) in [6.45, 7) is 69.0. The molecule has 1 fully saturated rings. The molecule has 574 valence electrons. The molecular weight excluding hydrogens is 1390 g/mol. The van der Waals surface area contributed by atoms with E-state index in [0.29, 0.717) is 0 Å². The third-order valence-electron chi connectivity index (χ3n) is 21.9. The van der Waals surface area contributed by atoms with E-state index in [4.69, 9.17) is 39.4 Å². The maximum Gasteiger partial charge on any atom is 0.387 e. The van der Waals surface area contributed by atoms with Gasteiger partial charge >= 0.3 is 16.5 Å². The zero-order chi connectivity index (χ0) is 78.6. The van der Waals surface area contributed by atoms with Gasteiger partial charge in [0, 0.05) is 43.8 Å². The lowest BCUT2D eigenvalue weighted by Crippen LogP contribution is -2.67. The van der Waals surface area contributed by atoms with Gasteiger partial charge in [-0.15, -0.1) is 0 Å². The van der Waals surface area contributed by atoms with E-state index < -0.39 is 89.3 Å². The molecule has 10 aromatic rings. The van der Waals surface area contributed by atoms with E-state index in [0.717, 1.165) is 86.9 Å². The molecule has 0 bridgehead atoms. The second kappa shape index (κ2) is 29.2. The van der Waals surface area contributed by atoms with Crippen LogP contribution < -0.4 is 29.8 Å². The van der Waals surface area contributed by atoms with Crippen molar-refractivity contribution in [3.05, 3.63) is 214 Å². The molecule has 0 radical (unpaired) electrons. The summed E-state index contributed by atoms with van der Waals surface area (Å²) in [6, 6.07) is 62.2. The Bertz CT molecular complexity index is 4330. The highest BCUT2D eigenvalue weighted by molar-refractivity contribution is 7.32. The van der Waals surface area contributed by atoms with E-state index >= 15 is 0 Å². The van der Waals surface area contributed by atoms with Crippen molar-refractivity contribution in [3.8, 4) is 0 Å². The number of hydrogen-bond donors (Lipinski definition) is 0. The van der Waals surface area contributed by atoms with Crippen molar-refractivity contribution in [1.82, 2.24) is 0 Å². The smallest absolute Gasteiger partial charge is 0.387 e. The lowest BCUT2D eigenvalue weighted by molar-refractivity contribution is -0.0266. The fourth-order valence-corrected chi connectivity index (χ4v) is 27.2. The minimum absolute atomic E-state index is 0.0903. The first-order chi connectivity index (χ1) is 49.3. The fraction of sp³-hybridized carbons (Fsp3) is 0.489. The molecule has 0 unspecified atom stereocenters. The third kappa shape index (κ3) is 16.6. The SMILES string of the molecule is CC(C)(C)c1cc(C(C)(C)C)c2op(O[C@H]3[C@H](Op4oc5c(C(C)(C)C)cc(C(C)(C)C)cc5c5cc(C(C)(C)C)cc(C(C)(C)C)c5o4)[C@@H](CO[Si](c4ccccc4)(c4ccccc4)C(C)(C)C)O[C@@H]3CO[Si](c3ccccc3)(c3ccccc3)C(C)(C)C)oc3c(C(C)(C)C)cc(C(C)(C)C)cc3c2c1. The Morgan fingerprint density at radius 3 is 0.664 bits per heavy atom. The van der Waals surface area contributed by atoms with Crippen LogP contribution in [0.25, 0.3) is 43.9 Å². The van der Waals surface area contributed by atoms with E-state index in [9.17, 15) is 0 Å². The number of hydrogen-bond acceptors (Lipinski definition) is 9. The van der Waals surface area contributed by atoms with Crippen LogP contribution in [0.2, 0.25) is 10.1 Å². The van der Waals surface area contributed by atoms with Crippen LogP contribution >= 0.6 is 16.5 Å². The molecule has 0 spiro atoms. The Morgan fingerprint density at radius 1 is 0.280 bits per heavy atom. The van der Waals surface area contributed by atoms with Gasteiger partial charge in [-0.25, -0.2) is 0 Å². The normalized spacial score (nSPS) is 17.3. The van der Waals surface area contributed by atoms with E-state index in [-0.39, 0.29) is 34.9 Å². The van der Waals surface area contributed by atoms with Crippen LogP contribution in [-0.4, -0.2) is 54.3 Å². The number of ether oxygens (including phenoxy) is 1. The molecule has 0 saturated carbocycles. The summed E-state index contributed by atoms with van der Waals surface area (Å²) >= 11 is 0. The fourth-order valence-electron chi connectivity index (χ4n) is 15.6. The van der Waals surface area contributed by atoms with Crippen LogP contribution in [0.3, 0.4) is 0 Å². The summed E-state index contributed by atoms with van der Waals surface area (Å²) in [5, 5.41) is 7.65. The van der Waals surface area contributed by atoms with Gasteiger partial charge in [0.05, 0.1) is 13.2 Å². The highest BCUT2D eigenvalue weighted by Gasteiger charge is 2.57. The predicted octanol–water partition coefficient (Wildman–Crippen LogP) is 24.5. The standard InChI is InChI=1S/C94H126O9P2Si2/c1-85(2,3)61-51-69-70-52-62(86(4,5)6)56-74(90(16,17)18)80(70)99-104(98-79(69)73(55-61)89(13,14)15)102-83-77(59-95-106(93(25,26)27,65-43-35-31-36-44-65)66-45-37-32-38-46-66)97-78(60-96-107(94(28,29)30,67-47-39-33-40-48-67)68-49-41-34-42-50-68)84(83)103-105-100-81-71(53-63(87(7,8)9)57-75(81)91(19,20)21)72-54-64(88(10,11)12)58-76(82(72)101-105)92(22,23)24/h31-58,77-78,83-84H,59-60H2,1-30H3/t77-,78-,83-,84-/m1/s1. The first-order valence-electron chi connectivity index (χ1n) is 38.9. The minimum Gasteiger partial charge on any atom is -0.405 e. The Morgan fingerprint density at radius 2 is 0.486 bits per heavy atom. The second-order valence-corrected chi connectivity index (χ2v) is 51.4. The first-order valence-corrected chi connectivity index (χ1v) is 44.9. The largest absolute Gasteiger partial charge is 0.405 e. The van der Waals surface area contributed by atoms with Gasteiger partial charge < -0.3 is 30.4 Å². The van der Waals surface area contributed by atoms with Crippen LogP contribution in [0.4, 0.5) is 0 Å². The number of fused-ring (bicyclic) bond motifs is 6. The molecule has 0 aliphatic carbocycles. The molecule has 9 nitrogen and oxygen atoms in total. The van der Waals surface area contributed by atoms with Gasteiger partial charge in [-0.2, -0.15) is 0 Å². The molecule has 107 heavy (non-hydrogen) atoms. The van der Waals surface area contributed by atoms with E-state index in [2.05, 4.69) is 378 Å². The maximum atomic E-state index is 8.20. The monoisotopic (exact) mass is 1520 g/mol. The second-order valence-electron chi connectivity index (χ2n) is 40.7. The molecule has 8 aromatic carbocycles. The van der Waals surface area contributed by atoms with Crippen molar-refractivity contribution < 1.29 is 39.4 Å². The Balaban J connectivity index is 1.29. The van der Waals surface area contributed by atoms with Crippen molar-refractivity contribution in [3.63, 3.8) is 0 Å². The number of rotatable bonds is 14. The maximum absolute atomic E-state index is 8.20. The van der Waals surface area contributed by atoms with Crippen molar-refractivity contribution in [2.24, 2.45) is 0 Å². The molecular formula is C94H126O9P2Si2. The summed E-state index contributed by atoms with van der Waals surface area (Å²) < 4.78 is 72.1. The van der Waals surface area contributed by atoms with Crippen molar-refractivity contribution in [1.29, 1.82) is 0 Å². The molecule has 2 aromatic heterocycles. The van der Waals surface area contributed by atoms with Crippen LogP contribution in [0.5, 0.6) is 0 Å².